The van der Waals surface area contributed by atoms with Gasteiger partial charge in [0.15, 0.2) is 0 Å². The predicted octanol–water partition coefficient (Wildman–Crippen LogP) is 3.85. The third-order valence-corrected chi connectivity index (χ3v) is 2.71. The molecule has 0 nitrogen and oxygen atoms in total. The fourth-order valence-electron chi connectivity index (χ4n) is 1.10. The molecule has 0 fully saturated rings. The van der Waals surface area contributed by atoms with Crippen molar-refractivity contribution in [3.05, 3.63) is 12.2 Å². The van der Waals surface area contributed by atoms with Gasteiger partial charge in [0.2, 0.25) is 0 Å². The lowest BCUT2D eigenvalue weighted by atomic mass is 9.85. The Morgan fingerprint density at radius 3 is 2.00 bits per heavy atom. The fourth-order valence-corrected chi connectivity index (χ4v) is 1.29. The highest BCUT2D eigenvalue weighted by atomic mass is 35.5. The van der Waals surface area contributed by atoms with Crippen LogP contribution in [0.3, 0.4) is 0 Å². The SMILES string of the molecule is C/C=C/[C@H](C)[C@H](C)C(C)(C)Cl. The molecule has 0 aliphatic rings. The van der Waals surface area contributed by atoms with Crippen LogP contribution in [0.2, 0.25) is 0 Å². The lowest BCUT2D eigenvalue weighted by Crippen LogP contribution is -2.26. The van der Waals surface area contributed by atoms with Gasteiger partial charge >= 0.3 is 0 Å². The molecule has 0 saturated heterocycles. The van der Waals surface area contributed by atoms with E-state index in [0.29, 0.717) is 11.8 Å². The van der Waals surface area contributed by atoms with E-state index in [1.807, 2.05) is 6.92 Å². The molecular formula is C10H19Cl. The molecule has 0 N–H and O–H groups in total. The maximum Gasteiger partial charge on any atom is 0.0421 e. The first-order chi connectivity index (χ1) is 4.89. The molecule has 0 aliphatic carbocycles. The molecule has 66 valence electrons. The van der Waals surface area contributed by atoms with Crippen LogP contribution in [0.5, 0.6) is 0 Å². The van der Waals surface area contributed by atoms with Gasteiger partial charge in [-0.15, -0.1) is 11.6 Å². The van der Waals surface area contributed by atoms with E-state index in [1.54, 1.807) is 0 Å². The molecule has 0 unspecified atom stereocenters. The summed E-state index contributed by atoms with van der Waals surface area (Å²) in [5.41, 5.74) is 0. The first-order valence-electron chi connectivity index (χ1n) is 4.21. The standard InChI is InChI=1S/C10H19Cl/c1-6-7-8(2)9(3)10(4,5)11/h6-9H,1-5H3/b7-6+/t8-,9-/m0/s1. The van der Waals surface area contributed by atoms with E-state index in [-0.39, 0.29) is 4.87 Å². The smallest absolute Gasteiger partial charge is 0.0421 e. The van der Waals surface area contributed by atoms with Gasteiger partial charge in [0, 0.05) is 4.87 Å². The highest BCUT2D eigenvalue weighted by molar-refractivity contribution is 6.23. The van der Waals surface area contributed by atoms with Crippen LogP contribution in [0.15, 0.2) is 12.2 Å². The number of alkyl halides is 1. The van der Waals surface area contributed by atoms with E-state index in [1.165, 1.54) is 0 Å². The minimum absolute atomic E-state index is 0.0983. The van der Waals surface area contributed by atoms with Crippen molar-refractivity contribution >= 4 is 11.6 Å². The second-order valence-corrected chi connectivity index (χ2v) is 4.71. The topological polar surface area (TPSA) is 0 Å². The molecule has 0 heterocycles. The Labute approximate surface area is 75.6 Å². The molecule has 0 amide bonds. The van der Waals surface area contributed by atoms with Crippen molar-refractivity contribution in [2.75, 3.05) is 0 Å². The molecule has 0 aromatic carbocycles. The minimum atomic E-state index is -0.0983. The van der Waals surface area contributed by atoms with Gasteiger partial charge in [-0.1, -0.05) is 26.0 Å². The zero-order valence-electron chi connectivity index (χ0n) is 8.19. The molecule has 1 heteroatoms. The summed E-state index contributed by atoms with van der Waals surface area (Å²) in [6.07, 6.45) is 4.29. The van der Waals surface area contributed by atoms with Crippen LogP contribution in [-0.4, -0.2) is 4.87 Å². The Hall–Kier alpha value is 0.0300. The molecule has 0 saturated carbocycles. The van der Waals surface area contributed by atoms with Crippen LogP contribution in [0, 0.1) is 11.8 Å². The van der Waals surface area contributed by atoms with Crippen molar-refractivity contribution in [1.82, 2.24) is 0 Å². The first kappa shape index (κ1) is 11.0. The van der Waals surface area contributed by atoms with Crippen molar-refractivity contribution in [3.63, 3.8) is 0 Å². The van der Waals surface area contributed by atoms with Crippen LogP contribution in [0.1, 0.15) is 34.6 Å². The van der Waals surface area contributed by atoms with Gasteiger partial charge in [-0.05, 0) is 32.6 Å². The number of rotatable bonds is 3. The quantitative estimate of drug-likeness (QED) is 0.451. The Morgan fingerprint density at radius 1 is 1.27 bits per heavy atom. The molecule has 0 aromatic heterocycles. The van der Waals surface area contributed by atoms with Gasteiger partial charge in [0.1, 0.15) is 0 Å². The highest BCUT2D eigenvalue weighted by Crippen LogP contribution is 2.30. The van der Waals surface area contributed by atoms with Crippen LogP contribution in [0.4, 0.5) is 0 Å². The highest BCUT2D eigenvalue weighted by Gasteiger charge is 2.25. The Balaban J connectivity index is 4.13. The van der Waals surface area contributed by atoms with Crippen LogP contribution in [-0.2, 0) is 0 Å². The molecule has 0 bridgehead atoms. The molecule has 2 atom stereocenters. The fraction of sp³-hybridized carbons (Fsp3) is 0.800. The molecule has 0 aromatic rings. The Kier molecular flexibility index (Phi) is 4.17. The molecule has 0 aliphatic heterocycles. The second-order valence-electron chi connectivity index (χ2n) is 3.74. The summed E-state index contributed by atoms with van der Waals surface area (Å²) in [6, 6.07) is 0. The van der Waals surface area contributed by atoms with Gasteiger partial charge in [-0.2, -0.15) is 0 Å². The van der Waals surface area contributed by atoms with E-state index in [0.717, 1.165) is 0 Å². The summed E-state index contributed by atoms with van der Waals surface area (Å²) in [6.45, 7) is 10.6. The van der Waals surface area contributed by atoms with E-state index >= 15 is 0 Å². The molecule has 0 spiro atoms. The van der Waals surface area contributed by atoms with Crippen LogP contribution >= 0.6 is 11.6 Å². The predicted molar refractivity (Wildman–Crippen MR) is 53.1 cm³/mol. The van der Waals surface area contributed by atoms with E-state index in [2.05, 4.69) is 39.8 Å². The number of hydrogen-bond donors (Lipinski definition) is 0. The summed E-state index contributed by atoms with van der Waals surface area (Å²) in [7, 11) is 0. The van der Waals surface area contributed by atoms with Crippen molar-refractivity contribution < 1.29 is 0 Å². The van der Waals surface area contributed by atoms with Crippen LogP contribution < -0.4 is 0 Å². The third-order valence-electron chi connectivity index (χ3n) is 2.37. The van der Waals surface area contributed by atoms with E-state index in [4.69, 9.17) is 11.6 Å². The zero-order chi connectivity index (χ0) is 9.07. The summed E-state index contributed by atoms with van der Waals surface area (Å²) in [4.78, 5) is -0.0983. The van der Waals surface area contributed by atoms with Gasteiger partial charge in [-0.25, -0.2) is 0 Å². The summed E-state index contributed by atoms with van der Waals surface area (Å²) >= 11 is 6.18. The third kappa shape index (κ3) is 3.81. The maximum atomic E-state index is 6.18. The monoisotopic (exact) mass is 174 g/mol. The van der Waals surface area contributed by atoms with Gasteiger partial charge in [0.25, 0.3) is 0 Å². The number of hydrogen-bond acceptors (Lipinski definition) is 0. The molecule has 0 radical (unpaired) electrons. The number of allylic oxidation sites excluding steroid dienone is 2. The molecular weight excluding hydrogens is 156 g/mol. The van der Waals surface area contributed by atoms with Crippen LogP contribution in [0.25, 0.3) is 0 Å². The lowest BCUT2D eigenvalue weighted by molar-refractivity contribution is 0.369. The first-order valence-corrected chi connectivity index (χ1v) is 4.59. The van der Waals surface area contributed by atoms with Crippen molar-refractivity contribution in [1.29, 1.82) is 0 Å². The maximum absolute atomic E-state index is 6.18. The van der Waals surface area contributed by atoms with E-state index in [9.17, 15) is 0 Å². The largest absolute Gasteiger partial charge is 0.120 e. The van der Waals surface area contributed by atoms with Crippen molar-refractivity contribution in [2.45, 2.75) is 39.5 Å². The lowest BCUT2D eigenvalue weighted by Gasteiger charge is -2.28. The average molecular weight is 175 g/mol. The minimum Gasteiger partial charge on any atom is -0.120 e. The second kappa shape index (κ2) is 4.15. The van der Waals surface area contributed by atoms with Gasteiger partial charge < -0.3 is 0 Å². The van der Waals surface area contributed by atoms with Gasteiger partial charge in [0.05, 0.1) is 0 Å². The zero-order valence-corrected chi connectivity index (χ0v) is 8.94. The summed E-state index contributed by atoms with van der Waals surface area (Å²) in [5, 5.41) is 0. The Bertz CT molecular complexity index is 130. The van der Waals surface area contributed by atoms with Crippen molar-refractivity contribution in [3.8, 4) is 0 Å². The van der Waals surface area contributed by atoms with E-state index < -0.39 is 0 Å². The normalized spacial score (nSPS) is 18.7. The summed E-state index contributed by atoms with van der Waals surface area (Å²) in [5.74, 6) is 1.08. The van der Waals surface area contributed by atoms with Crippen molar-refractivity contribution in [2.24, 2.45) is 11.8 Å². The Morgan fingerprint density at radius 2 is 1.73 bits per heavy atom. The summed E-state index contributed by atoms with van der Waals surface area (Å²) < 4.78 is 0. The van der Waals surface area contributed by atoms with Gasteiger partial charge in [-0.3, -0.25) is 0 Å². The number of halogens is 1. The molecule has 11 heavy (non-hydrogen) atoms. The molecule has 0 rings (SSSR count). The average Bonchev–Trinajstić information content (AvgIpc) is 1.85.